The van der Waals surface area contributed by atoms with Crippen molar-refractivity contribution < 1.29 is 0 Å². The molecule has 20 heavy (non-hydrogen) atoms. The summed E-state index contributed by atoms with van der Waals surface area (Å²) in [6, 6.07) is 3.04. The molecule has 6 nitrogen and oxygen atoms in total. The van der Waals surface area contributed by atoms with Crippen molar-refractivity contribution in [2.75, 3.05) is 35.6 Å². The Hall–Kier alpha value is -1.56. The molecule has 0 radical (unpaired) electrons. The number of rotatable bonds is 3. The van der Waals surface area contributed by atoms with Crippen LogP contribution in [0.4, 0.5) is 17.6 Å². The zero-order chi connectivity index (χ0) is 14.1. The van der Waals surface area contributed by atoms with E-state index in [2.05, 4.69) is 39.3 Å². The lowest BCUT2D eigenvalue weighted by Crippen LogP contribution is -2.44. The van der Waals surface area contributed by atoms with E-state index in [1.54, 1.807) is 0 Å². The molecule has 2 fully saturated rings. The highest BCUT2D eigenvalue weighted by Crippen LogP contribution is 2.28. The van der Waals surface area contributed by atoms with Crippen LogP contribution in [-0.4, -0.2) is 41.7 Å². The van der Waals surface area contributed by atoms with Gasteiger partial charge in [0.2, 0.25) is 5.95 Å². The fourth-order valence-corrected chi connectivity index (χ4v) is 3.24. The summed E-state index contributed by atoms with van der Waals surface area (Å²) in [4.78, 5) is 11.0. The number of nitrogen functional groups attached to an aromatic ring is 1. The standard InChI is InChI=1S/C14H24N6/c1-9(2)17-12-7-13(19-14(15)18-12)20-6-4-11-10(8-20)3-5-16-11/h7,9-11,16H,3-6,8H2,1-2H3,(H3,15,17,18,19). The molecule has 2 aliphatic heterocycles. The fraction of sp³-hybridized carbons (Fsp3) is 0.714. The molecule has 3 rings (SSSR count). The van der Waals surface area contributed by atoms with Gasteiger partial charge in [-0.2, -0.15) is 9.97 Å². The second kappa shape index (κ2) is 5.44. The number of piperidine rings is 1. The lowest BCUT2D eigenvalue weighted by Gasteiger charge is -2.35. The molecule has 110 valence electrons. The summed E-state index contributed by atoms with van der Waals surface area (Å²) in [7, 11) is 0. The minimum atomic E-state index is 0.335. The van der Waals surface area contributed by atoms with Crippen LogP contribution in [0.5, 0.6) is 0 Å². The highest BCUT2D eigenvalue weighted by Gasteiger charge is 2.33. The van der Waals surface area contributed by atoms with E-state index in [4.69, 9.17) is 5.73 Å². The number of fused-ring (bicyclic) bond motifs is 1. The smallest absolute Gasteiger partial charge is 0.223 e. The van der Waals surface area contributed by atoms with Gasteiger partial charge in [0.25, 0.3) is 0 Å². The van der Waals surface area contributed by atoms with Crippen molar-refractivity contribution in [2.24, 2.45) is 5.92 Å². The Morgan fingerprint density at radius 3 is 3.05 bits per heavy atom. The van der Waals surface area contributed by atoms with Crippen LogP contribution in [0.3, 0.4) is 0 Å². The molecule has 1 aromatic rings. The maximum atomic E-state index is 5.85. The van der Waals surface area contributed by atoms with Crippen molar-refractivity contribution in [3.05, 3.63) is 6.07 Å². The van der Waals surface area contributed by atoms with Crippen molar-refractivity contribution in [3.63, 3.8) is 0 Å². The Balaban J connectivity index is 1.77. The third kappa shape index (κ3) is 2.80. The van der Waals surface area contributed by atoms with Crippen molar-refractivity contribution in [2.45, 2.75) is 38.8 Å². The molecule has 2 atom stereocenters. The van der Waals surface area contributed by atoms with Crippen LogP contribution in [0.25, 0.3) is 0 Å². The number of nitrogens with two attached hydrogens (primary N) is 1. The maximum Gasteiger partial charge on any atom is 0.223 e. The predicted octanol–water partition coefficient (Wildman–Crippen LogP) is 1.07. The summed E-state index contributed by atoms with van der Waals surface area (Å²) >= 11 is 0. The number of aromatic nitrogens is 2. The Bertz CT molecular complexity index is 475. The first kappa shape index (κ1) is 13.4. The quantitative estimate of drug-likeness (QED) is 0.766. The van der Waals surface area contributed by atoms with Gasteiger partial charge >= 0.3 is 0 Å². The van der Waals surface area contributed by atoms with Crippen LogP contribution < -0.4 is 21.3 Å². The van der Waals surface area contributed by atoms with Gasteiger partial charge in [0.1, 0.15) is 11.6 Å². The van der Waals surface area contributed by atoms with E-state index in [0.717, 1.165) is 37.2 Å². The van der Waals surface area contributed by atoms with E-state index in [1.807, 2.05) is 6.07 Å². The Morgan fingerprint density at radius 2 is 2.25 bits per heavy atom. The van der Waals surface area contributed by atoms with Crippen molar-refractivity contribution in [1.29, 1.82) is 0 Å². The van der Waals surface area contributed by atoms with Gasteiger partial charge in [0.05, 0.1) is 0 Å². The summed E-state index contributed by atoms with van der Waals surface area (Å²) in [6.45, 7) is 7.43. The number of nitrogens with one attached hydrogen (secondary N) is 2. The molecule has 1 aromatic heterocycles. The van der Waals surface area contributed by atoms with Crippen molar-refractivity contribution >= 4 is 17.6 Å². The minimum Gasteiger partial charge on any atom is -0.368 e. The second-order valence-electron chi connectivity index (χ2n) is 6.11. The largest absolute Gasteiger partial charge is 0.368 e. The molecular formula is C14H24N6. The lowest BCUT2D eigenvalue weighted by atomic mass is 9.93. The van der Waals surface area contributed by atoms with E-state index in [0.29, 0.717) is 18.0 Å². The van der Waals surface area contributed by atoms with Gasteiger partial charge in [-0.3, -0.25) is 0 Å². The van der Waals surface area contributed by atoms with Gasteiger partial charge in [-0.15, -0.1) is 0 Å². The molecule has 6 heteroatoms. The van der Waals surface area contributed by atoms with E-state index in [1.165, 1.54) is 12.8 Å². The normalized spacial score (nSPS) is 25.9. The van der Waals surface area contributed by atoms with Gasteiger partial charge in [0, 0.05) is 31.2 Å². The first-order chi connectivity index (χ1) is 9.61. The Kier molecular flexibility index (Phi) is 3.65. The monoisotopic (exact) mass is 276 g/mol. The molecule has 0 aromatic carbocycles. The summed E-state index contributed by atoms with van der Waals surface area (Å²) < 4.78 is 0. The Labute approximate surface area is 120 Å². The first-order valence-electron chi connectivity index (χ1n) is 7.51. The number of anilines is 3. The van der Waals surface area contributed by atoms with Crippen LogP contribution in [0.2, 0.25) is 0 Å². The summed E-state index contributed by atoms with van der Waals surface area (Å²) in [6.07, 6.45) is 2.44. The van der Waals surface area contributed by atoms with Gasteiger partial charge in [-0.1, -0.05) is 0 Å². The molecule has 2 aliphatic rings. The van der Waals surface area contributed by atoms with Gasteiger partial charge in [-0.05, 0) is 39.2 Å². The van der Waals surface area contributed by atoms with Crippen LogP contribution >= 0.6 is 0 Å². The molecule has 2 saturated heterocycles. The lowest BCUT2D eigenvalue weighted by molar-refractivity contribution is 0.375. The summed E-state index contributed by atoms with van der Waals surface area (Å²) in [5, 5.41) is 6.88. The maximum absolute atomic E-state index is 5.85. The second-order valence-corrected chi connectivity index (χ2v) is 6.11. The molecule has 0 saturated carbocycles. The average molecular weight is 276 g/mol. The van der Waals surface area contributed by atoms with Gasteiger partial charge < -0.3 is 21.3 Å². The third-order valence-electron chi connectivity index (χ3n) is 4.15. The van der Waals surface area contributed by atoms with E-state index in [-0.39, 0.29) is 0 Å². The highest BCUT2D eigenvalue weighted by molar-refractivity contribution is 5.53. The average Bonchev–Trinajstić information content (AvgIpc) is 2.84. The molecule has 4 N–H and O–H groups in total. The molecular weight excluding hydrogens is 252 g/mol. The molecule has 0 spiro atoms. The topological polar surface area (TPSA) is 79.1 Å². The van der Waals surface area contributed by atoms with Crippen molar-refractivity contribution in [1.82, 2.24) is 15.3 Å². The van der Waals surface area contributed by atoms with E-state index in [9.17, 15) is 0 Å². The number of hydrogen-bond donors (Lipinski definition) is 3. The first-order valence-corrected chi connectivity index (χ1v) is 7.51. The minimum absolute atomic E-state index is 0.335. The summed E-state index contributed by atoms with van der Waals surface area (Å²) in [5.74, 6) is 2.85. The van der Waals surface area contributed by atoms with Gasteiger partial charge in [-0.25, -0.2) is 0 Å². The molecule has 2 unspecified atom stereocenters. The van der Waals surface area contributed by atoms with Crippen molar-refractivity contribution in [3.8, 4) is 0 Å². The Morgan fingerprint density at radius 1 is 1.40 bits per heavy atom. The highest BCUT2D eigenvalue weighted by atomic mass is 15.2. The predicted molar refractivity (Wildman–Crippen MR) is 81.9 cm³/mol. The molecule has 0 amide bonds. The fourth-order valence-electron chi connectivity index (χ4n) is 3.24. The van der Waals surface area contributed by atoms with Crippen LogP contribution in [0, 0.1) is 5.92 Å². The molecule has 0 bridgehead atoms. The molecule has 3 heterocycles. The third-order valence-corrected chi connectivity index (χ3v) is 4.15. The van der Waals surface area contributed by atoms with Crippen LogP contribution in [0.1, 0.15) is 26.7 Å². The van der Waals surface area contributed by atoms with E-state index >= 15 is 0 Å². The zero-order valence-corrected chi connectivity index (χ0v) is 12.3. The molecule has 0 aliphatic carbocycles. The zero-order valence-electron chi connectivity index (χ0n) is 12.3. The van der Waals surface area contributed by atoms with Crippen LogP contribution in [0.15, 0.2) is 6.07 Å². The van der Waals surface area contributed by atoms with E-state index < -0.39 is 0 Å². The number of hydrogen-bond acceptors (Lipinski definition) is 6. The van der Waals surface area contributed by atoms with Crippen LogP contribution in [-0.2, 0) is 0 Å². The SMILES string of the molecule is CC(C)Nc1cc(N2CCC3NCCC3C2)nc(N)n1. The summed E-state index contributed by atoms with van der Waals surface area (Å²) in [5.41, 5.74) is 5.85. The number of nitrogens with zero attached hydrogens (tertiary/aromatic N) is 3. The van der Waals surface area contributed by atoms with Gasteiger partial charge in [0.15, 0.2) is 0 Å².